The van der Waals surface area contributed by atoms with E-state index < -0.39 is 0 Å². The van der Waals surface area contributed by atoms with Gasteiger partial charge in [0.05, 0.1) is 18.0 Å². The van der Waals surface area contributed by atoms with Crippen molar-refractivity contribution in [3.05, 3.63) is 65.4 Å². The van der Waals surface area contributed by atoms with E-state index in [4.69, 9.17) is 15.5 Å². The second-order valence-corrected chi connectivity index (χ2v) is 9.06. The van der Waals surface area contributed by atoms with Crippen molar-refractivity contribution in [2.75, 3.05) is 12.3 Å². The Kier molecular flexibility index (Phi) is 4.82. The largest absolute Gasteiger partial charge is 0.493 e. The highest BCUT2D eigenvalue weighted by atomic mass is 16.5. The third-order valence-electron chi connectivity index (χ3n) is 6.83. The Morgan fingerprint density at radius 3 is 2.82 bits per heavy atom. The van der Waals surface area contributed by atoms with E-state index in [1.807, 2.05) is 24.3 Å². The summed E-state index contributed by atoms with van der Waals surface area (Å²) in [5, 5.41) is 3.12. The number of anilines is 1. The fraction of sp³-hybridized carbons (Fsp3) is 0.308. The number of carbonyl (C=O) groups is 1. The predicted molar refractivity (Wildman–Crippen MR) is 127 cm³/mol. The summed E-state index contributed by atoms with van der Waals surface area (Å²) in [4.78, 5) is 25.8. The minimum absolute atomic E-state index is 0.00752. The highest BCUT2D eigenvalue weighted by molar-refractivity contribution is 5.97. The molecule has 7 heteroatoms. The SMILES string of the molecule is Nc1nccc(-c2ccc3c(c2)N=C(C2COc4ccc(C(=O)NC5CCC5)cc4C2)C3)n1. The lowest BCUT2D eigenvalue weighted by Gasteiger charge is -2.28. The minimum atomic E-state index is 0.00752. The number of nitrogens with zero attached hydrogens (tertiary/aromatic N) is 3. The molecule has 6 rings (SSSR count). The number of amides is 1. The average molecular weight is 440 g/mol. The number of benzene rings is 2. The van der Waals surface area contributed by atoms with Crippen molar-refractivity contribution >= 4 is 23.3 Å². The highest BCUT2D eigenvalue weighted by Crippen LogP contribution is 2.36. The van der Waals surface area contributed by atoms with Crippen molar-refractivity contribution in [2.45, 2.75) is 38.1 Å². The number of hydrogen-bond acceptors (Lipinski definition) is 6. The summed E-state index contributed by atoms with van der Waals surface area (Å²) in [5.41, 5.74) is 12.6. The molecule has 166 valence electrons. The summed E-state index contributed by atoms with van der Waals surface area (Å²) in [6.07, 6.45) is 6.65. The lowest BCUT2D eigenvalue weighted by Crippen LogP contribution is -2.39. The van der Waals surface area contributed by atoms with Crippen LogP contribution < -0.4 is 15.8 Å². The second-order valence-electron chi connectivity index (χ2n) is 9.06. The number of ether oxygens (including phenoxy) is 1. The number of aliphatic imine (C=N–C) groups is 1. The van der Waals surface area contributed by atoms with Gasteiger partial charge in [-0.15, -0.1) is 0 Å². The number of nitrogens with one attached hydrogen (secondary N) is 1. The Balaban J connectivity index is 1.21. The fourth-order valence-corrected chi connectivity index (χ4v) is 4.71. The number of nitrogens with two attached hydrogens (primary N) is 1. The first-order valence-electron chi connectivity index (χ1n) is 11.5. The molecule has 2 aliphatic heterocycles. The topological polar surface area (TPSA) is 102 Å². The Labute approximate surface area is 192 Å². The molecule has 3 N–H and O–H groups in total. The van der Waals surface area contributed by atoms with E-state index in [0.717, 1.165) is 59.7 Å². The van der Waals surface area contributed by atoms with Gasteiger partial charge in [0.1, 0.15) is 5.75 Å². The van der Waals surface area contributed by atoms with Crippen molar-refractivity contribution in [1.82, 2.24) is 15.3 Å². The van der Waals surface area contributed by atoms with Crippen LogP contribution in [0.5, 0.6) is 5.75 Å². The van der Waals surface area contributed by atoms with Gasteiger partial charge in [0.2, 0.25) is 5.95 Å². The monoisotopic (exact) mass is 439 g/mol. The van der Waals surface area contributed by atoms with Crippen LogP contribution in [0, 0.1) is 5.92 Å². The van der Waals surface area contributed by atoms with Gasteiger partial charge in [-0.25, -0.2) is 9.97 Å². The maximum atomic E-state index is 12.6. The maximum absolute atomic E-state index is 12.6. The molecule has 1 atom stereocenters. The van der Waals surface area contributed by atoms with Crippen molar-refractivity contribution in [1.29, 1.82) is 0 Å². The molecule has 3 aromatic rings. The number of hydrogen-bond donors (Lipinski definition) is 2. The highest BCUT2D eigenvalue weighted by Gasteiger charge is 2.29. The molecule has 1 unspecified atom stereocenters. The zero-order chi connectivity index (χ0) is 22.4. The average Bonchev–Trinajstić information content (AvgIpc) is 3.24. The first kappa shape index (κ1) is 19.9. The van der Waals surface area contributed by atoms with E-state index in [1.165, 1.54) is 12.0 Å². The smallest absolute Gasteiger partial charge is 0.251 e. The van der Waals surface area contributed by atoms with Crippen molar-refractivity contribution in [2.24, 2.45) is 10.9 Å². The zero-order valence-corrected chi connectivity index (χ0v) is 18.3. The molecular formula is C26H25N5O2. The van der Waals surface area contributed by atoms with Crippen LogP contribution in [0.4, 0.5) is 11.6 Å². The zero-order valence-electron chi connectivity index (χ0n) is 18.3. The lowest BCUT2D eigenvalue weighted by molar-refractivity contribution is 0.0916. The Morgan fingerprint density at radius 1 is 1.09 bits per heavy atom. The molecule has 0 radical (unpaired) electrons. The number of rotatable bonds is 4. The van der Waals surface area contributed by atoms with Gasteiger partial charge in [-0.05, 0) is 67.1 Å². The van der Waals surface area contributed by atoms with Gasteiger partial charge in [-0.3, -0.25) is 9.79 Å². The molecule has 2 aromatic carbocycles. The Morgan fingerprint density at radius 2 is 2.00 bits per heavy atom. The molecule has 3 aliphatic rings. The summed E-state index contributed by atoms with van der Waals surface area (Å²) < 4.78 is 6.06. The van der Waals surface area contributed by atoms with E-state index >= 15 is 0 Å². The van der Waals surface area contributed by atoms with Gasteiger partial charge >= 0.3 is 0 Å². The minimum Gasteiger partial charge on any atom is -0.493 e. The number of aromatic nitrogens is 2. The third kappa shape index (κ3) is 3.84. The number of carbonyl (C=O) groups excluding carboxylic acids is 1. The first-order valence-corrected chi connectivity index (χ1v) is 11.5. The van der Waals surface area contributed by atoms with Gasteiger partial charge in [0.15, 0.2) is 0 Å². The van der Waals surface area contributed by atoms with Crippen molar-refractivity contribution in [3.8, 4) is 17.0 Å². The summed E-state index contributed by atoms with van der Waals surface area (Å²) in [7, 11) is 0. The summed E-state index contributed by atoms with van der Waals surface area (Å²) in [6.45, 7) is 0.600. The molecule has 1 fully saturated rings. The molecule has 0 saturated heterocycles. The lowest BCUT2D eigenvalue weighted by atomic mass is 9.89. The molecule has 7 nitrogen and oxygen atoms in total. The van der Waals surface area contributed by atoms with Crippen LogP contribution in [-0.2, 0) is 12.8 Å². The molecule has 1 aromatic heterocycles. The second kappa shape index (κ2) is 7.99. The van der Waals surface area contributed by atoms with Crippen LogP contribution in [0.3, 0.4) is 0 Å². The quantitative estimate of drug-likeness (QED) is 0.642. The van der Waals surface area contributed by atoms with Crippen molar-refractivity contribution in [3.63, 3.8) is 0 Å². The van der Waals surface area contributed by atoms with Crippen LogP contribution >= 0.6 is 0 Å². The Hall–Kier alpha value is -3.74. The van der Waals surface area contributed by atoms with Gasteiger partial charge in [0.25, 0.3) is 5.91 Å². The van der Waals surface area contributed by atoms with Gasteiger partial charge in [-0.1, -0.05) is 12.1 Å². The van der Waals surface area contributed by atoms with E-state index in [9.17, 15) is 4.79 Å². The Bertz CT molecular complexity index is 1280. The van der Waals surface area contributed by atoms with Gasteiger partial charge in [0, 0.05) is 41.4 Å². The van der Waals surface area contributed by atoms with E-state index in [1.54, 1.807) is 6.20 Å². The van der Waals surface area contributed by atoms with E-state index in [2.05, 4.69) is 33.5 Å². The van der Waals surface area contributed by atoms with Gasteiger partial charge in [-0.2, -0.15) is 0 Å². The molecule has 0 bridgehead atoms. The van der Waals surface area contributed by atoms with Crippen LogP contribution in [-0.4, -0.2) is 34.2 Å². The van der Waals surface area contributed by atoms with Crippen LogP contribution in [0.25, 0.3) is 11.3 Å². The summed E-state index contributed by atoms with van der Waals surface area (Å²) >= 11 is 0. The van der Waals surface area contributed by atoms with E-state index in [0.29, 0.717) is 18.2 Å². The summed E-state index contributed by atoms with van der Waals surface area (Å²) in [6, 6.07) is 14.2. The molecule has 1 aliphatic carbocycles. The van der Waals surface area contributed by atoms with Crippen molar-refractivity contribution < 1.29 is 9.53 Å². The molecule has 1 saturated carbocycles. The first-order chi connectivity index (χ1) is 16.1. The molecule has 3 heterocycles. The molecule has 1 amide bonds. The van der Waals surface area contributed by atoms with Crippen LogP contribution in [0.1, 0.15) is 40.7 Å². The third-order valence-corrected chi connectivity index (χ3v) is 6.83. The van der Waals surface area contributed by atoms with E-state index in [-0.39, 0.29) is 17.8 Å². The molecule has 0 spiro atoms. The number of fused-ring (bicyclic) bond motifs is 2. The van der Waals surface area contributed by atoms with Crippen LogP contribution in [0.2, 0.25) is 0 Å². The standard InChI is InChI=1S/C26H25N5O2/c27-26-28-9-8-21(31-26)15-4-5-16-13-23(30-22(16)12-15)19-11-18-10-17(6-7-24(18)33-14-19)25(32)29-20-2-1-3-20/h4-10,12,19-20H,1-3,11,13-14H2,(H,29,32)(H2,27,28,31). The number of nitrogen functional groups attached to an aromatic ring is 1. The maximum Gasteiger partial charge on any atom is 0.251 e. The molecule has 33 heavy (non-hydrogen) atoms. The summed E-state index contributed by atoms with van der Waals surface area (Å²) in [5.74, 6) is 1.32. The predicted octanol–water partition coefficient (Wildman–Crippen LogP) is 3.89. The fourth-order valence-electron chi connectivity index (χ4n) is 4.71. The normalized spacial score (nSPS) is 19.0. The molecular weight excluding hydrogens is 414 g/mol. The van der Waals surface area contributed by atoms with Gasteiger partial charge < -0.3 is 15.8 Å². The van der Waals surface area contributed by atoms with Crippen LogP contribution in [0.15, 0.2) is 53.7 Å².